The number of para-hydroxylation sites is 1. The highest BCUT2D eigenvalue weighted by Gasteiger charge is 2.20. The minimum atomic E-state index is -0.169. The maximum Gasteiger partial charge on any atom is 0.246 e. The molecule has 1 atom stereocenters. The summed E-state index contributed by atoms with van der Waals surface area (Å²) in [5, 5.41) is 7.30. The van der Waals surface area contributed by atoms with Gasteiger partial charge in [0, 0.05) is 45.5 Å². The molecule has 1 aliphatic heterocycles. The van der Waals surface area contributed by atoms with E-state index in [2.05, 4.69) is 54.5 Å². The average Bonchev–Trinajstić information content (AvgIpc) is 3.19. The molecule has 0 amide bonds. The van der Waals surface area contributed by atoms with Crippen LogP contribution in [0.15, 0.2) is 39.8 Å². The number of rotatable bonds is 6. The molecule has 9 heteroatoms. The van der Waals surface area contributed by atoms with E-state index in [1.807, 2.05) is 19.9 Å². The van der Waals surface area contributed by atoms with Crippen molar-refractivity contribution in [2.24, 2.45) is 4.99 Å². The van der Waals surface area contributed by atoms with Crippen molar-refractivity contribution in [1.82, 2.24) is 20.4 Å². The van der Waals surface area contributed by atoms with Crippen molar-refractivity contribution in [3.8, 4) is 0 Å². The molecule has 2 aromatic rings. The van der Waals surface area contributed by atoms with Gasteiger partial charge in [-0.1, -0.05) is 23.4 Å². The Bertz CT molecular complexity index is 731. The Morgan fingerprint density at radius 3 is 2.61 bits per heavy atom. The second-order valence-corrected chi connectivity index (χ2v) is 6.35. The van der Waals surface area contributed by atoms with Crippen molar-refractivity contribution >= 4 is 35.6 Å². The summed E-state index contributed by atoms with van der Waals surface area (Å²) in [5.74, 6) is 1.95. The van der Waals surface area contributed by atoms with Gasteiger partial charge in [0.05, 0.1) is 6.54 Å². The first-order valence-corrected chi connectivity index (χ1v) is 9.41. The van der Waals surface area contributed by atoms with Crippen molar-refractivity contribution in [3.63, 3.8) is 0 Å². The molecule has 0 saturated carbocycles. The van der Waals surface area contributed by atoms with Gasteiger partial charge in [-0.3, -0.25) is 4.99 Å². The molecular formula is C19H29IN6O2. The van der Waals surface area contributed by atoms with E-state index in [-0.39, 0.29) is 30.1 Å². The molecule has 1 unspecified atom stereocenters. The molecule has 154 valence electrons. The second-order valence-electron chi connectivity index (χ2n) is 6.35. The van der Waals surface area contributed by atoms with Crippen LogP contribution in [0.1, 0.15) is 31.7 Å². The highest BCUT2D eigenvalue weighted by molar-refractivity contribution is 14.0. The maximum atomic E-state index is 5.49. The van der Waals surface area contributed by atoms with E-state index in [4.69, 9.17) is 9.26 Å². The predicted molar refractivity (Wildman–Crippen MR) is 120 cm³/mol. The normalized spacial score (nSPS) is 15.9. The third-order valence-electron chi connectivity index (χ3n) is 4.57. The quantitative estimate of drug-likeness (QED) is 0.371. The van der Waals surface area contributed by atoms with Gasteiger partial charge < -0.3 is 24.4 Å². The molecule has 1 saturated heterocycles. The topological polar surface area (TPSA) is 79.0 Å². The van der Waals surface area contributed by atoms with Crippen LogP contribution < -0.4 is 10.2 Å². The van der Waals surface area contributed by atoms with Crippen LogP contribution in [-0.2, 0) is 11.3 Å². The van der Waals surface area contributed by atoms with E-state index in [0.717, 1.165) is 32.1 Å². The molecule has 0 spiro atoms. The number of hydrogen-bond donors (Lipinski definition) is 1. The summed E-state index contributed by atoms with van der Waals surface area (Å²) >= 11 is 0. The lowest BCUT2D eigenvalue weighted by Crippen LogP contribution is -2.52. The highest BCUT2D eigenvalue weighted by Crippen LogP contribution is 2.16. The van der Waals surface area contributed by atoms with Crippen molar-refractivity contribution in [3.05, 3.63) is 42.0 Å². The van der Waals surface area contributed by atoms with Gasteiger partial charge in [-0.15, -0.1) is 24.0 Å². The Labute approximate surface area is 183 Å². The molecule has 3 rings (SSSR count). The fourth-order valence-electron chi connectivity index (χ4n) is 3.13. The number of halogens is 1. The number of aromatic nitrogens is 2. The van der Waals surface area contributed by atoms with Crippen LogP contribution in [0.4, 0.5) is 5.69 Å². The molecule has 1 aromatic heterocycles. The van der Waals surface area contributed by atoms with Gasteiger partial charge in [0.2, 0.25) is 5.89 Å². The molecule has 1 N–H and O–H groups in total. The van der Waals surface area contributed by atoms with Gasteiger partial charge in [0.1, 0.15) is 6.10 Å². The van der Waals surface area contributed by atoms with Crippen molar-refractivity contribution < 1.29 is 9.26 Å². The molecule has 1 aromatic carbocycles. The summed E-state index contributed by atoms with van der Waals surface area (Å²) in [6.45, 7) is 8.65. The van der Waals surface area contributed by atoms with Gasteiger partial charge in [0.15, 0.2) is 11.8 Å². The largest absolute Gasteiger partial charge is 0.371 e. The predicted octanol–water partition coefficient (Wildman–Crippen LogP) is 2.68. The first-order chi connectivity index (χ1) is 13.2. The molecule has 2 heterocycles. The van der Waals surface area contributed by atoms with Gasteiger partial charge in [-0.2, -0.15) is 4.98 Å². The van der Waals surface area contributed by atoms with Gasteiger partial charge in [-0.25, -0.2) is 0 Å². The van der Waals surface area contributed by atoms with E-state index in [1.165, 1.54) is 5.69 Å². The Kier molecular flexibility index (Phi) is 8.97. The number of ether oxygens (including phenoxy) is 1. The molecule has 0 bridgehead atoms. The number of guanidine groups is 1. The Morgan fingerprint density at radius 1 is 1.25 bits per heavy atom. The zero-order valence-electron chi connectivity index (χ0n) is 16.7. The van der Waals surface area contributed by atoms with Gasteiger partial charge in [-0.05, 0) is 26.0 Å². The van der Waals surface area contributed by atoms with Crippen LogP contribution >= 0.6 is 24.0 Å². The molecule has 1 aliphatic rings. The summed E-state index contributed by atoms with van der Waals surface area (Å²) in [6.07, 6.45) is -0.169. The molecule has 8 nitrogen and oxygen atoms in total. The smallest absolute Gasteiger partial charge is 0.246 e. The summed E-state index contributed by atoms with van der Waals surface area (Å²) in [6, 6.07) is 10.5. The number of hydrogen-bond acceptors (Lipinski definition) is 6. The fourth-order valence-corrected chi connectivity index (χ4v) is 3.13. The molecular weight excluding hydrogens is 471 g/mol. The highest BCUT2D eigenvalue weighted by atomic mass is 127. The standard InChI is InChI=1S/C19H28N6O2.HI/c1-4-26-15(2)18-22-17(27-23-18)14-21-19(20-3)25-12-10-24(11-13-25)16-8-6-5-7-9-16;/h5-9,15H,4,10-14H2,1-3H3,(H,20,21);1H. The summed E-state index contributed by atoms with van der Waals surface area (Å²) < 4.78 is 10.8. The number of nitrogens with one attached hydrogen (secondary N) is 1. The Hall–Kier alpha value is -1.88. The first-order valence-electron chi connectivity index (χ1n) is 9.41. The number of nitrogens with zero attached hydrogens (tertiary/aromatic N) is 5. The number of benzene rings is 1. The summed E-state index contributed by atoms with van der Waals surface area (Å²) in [5.41, 5.74) is 1.27. The number of piperazine rings is 1. The SMILES string of the molecule is CCOC(C)c1noc(CNC(=NC)N2CCN(c3ccccc3)CC2)n1.I. The minimum absolute atomic E-state index is 0. The third-order valence-corrected chi connectivity index (χ3v) is 4.57. The van der Waals surface area contributed by atoms with E-state index in [0.29, 0.717) is 24.9 Å². The third kappa shape index (κ3) is 5.81. The minimum Gasteiger partial charge on any atom is -0.371 e. The van der Waals surface area contributed by atoms with E-state index >= 15 is 0 Å². The van der Waals surface area contributed by atoms with Crippen LogP contribution in [0.25, 0.3) is 0 Å². The monoisotopic (exact) mass is 500 g/mol. The zero-order valence-corrected chi connectivity index (χ0v) is 19.0. The van der Waals surface area contributed by atoms with Crippen molar-refractivity contribution in [2.75, 3.05) is 44.7 Å². The molecule has 0 aliphatic carbocycles. The van der Waals surface area contributed by atoms with E-state index < -0.39 is 0 Å². The number of aliphatic imine (C=N–C) groups is 1. The molecule has 1 fully saturated rings. The van der Waals surface area contributed by atoms with Crippen LogP contribution in [0.2, 0.25) is 0 Å². The lowest BCUT2D eigenvalue weighted by atomic mass is 10.2. The van der Waals surface area contributed by atoms with Crippen LogP contribution in [0.3, 0.4) is 0 Å². The number of anilines is 1. The first kappa shape index (κ1) is 22.4. The van der Waals surface area contributed by atoms with Crippen molar-refractivity contribution in [1.29, 1.82) is 0 Å². The lowest BCUT2D eigenvalue weighted by Gasteiger charge is -2.37. The van der Waals surface area contributed by atoms with Gasteiger partial charge in [0.25, 0.3) is 0 Å². The van der Waals surface area contributed by atoms with Gasteiger partial charge >= 0.3 is 0 Å². The van der Waals surface area contributed by atoms with E-state index in [1.54, 1.807) is 7.05 Å². The lowest BCUT2D eigenvalue weighted by molar-refractivity contribution is 0.0683. The fraction of sp³-hybridized carbons (Fsp3) is 0.526. The maximum absolute atomic E-state index is 5.49. The van der Waals surface area contributed by atoms with Crippen molar-refractivity contribution in [2.45, 2.75) is 26.5 Å². The Morgan fingerprint density at radius 2 is 1.96 bits per heavy atom. The molecule has 28 heavy (non-hydrogen) atoms. The van der Waals surface area contributed by atoms with Crippen LogP contribution in [0, 0.1) is 0 Å². The van der Waals surface area contributed by atoms with Crippen LogP contribution in [0.5, 0.6) is 0 Å². The van der Waals surface area contributed by atoms with E-state index in [9.17, 15) is 0 Å². The van der Waals surface area contributed by atoms with Crippen LogP contribution in [-0.4, -0.2) is 60.8 Å². The summed E-state index contributed by atoms with van der Waals surface area (Å²) in [7, 11) is 1.79. The second kappa shape index (κ2) is 11.2. The molecule has 0 radical (unpaired) electrons. The summed E-state index contributed by atoms with van der Waals surface area (Å²) in [4.78, 5) is 13.4. The Balaban J connectivity index is 0.00000280. The zero-order chi connectivity index (χ0) is 19.1. The average molecular weight is 500 g/mol.